The second kappa shape index (κ2) is 4.84. The molecule has 13 heavy (non-hydrogen) atoms. The van der Waals surface area contributed by atoms with Gasteiger partial charge in [-0.2, -0.15) is 0 Å². The van der Waals surface area contributed by atoms with E-state index < -0.39 is 17.4 Å². The summed E-state index contributed by atoms with van der Waals surface area (Å²) in [6.07, 6.45) is 1.68. The van der Waals surface area contributed by atoms with Crippen LogP contribution in [0.25, 0.3) is 0 Å². The second-order valence-corrected chi connectivity index (χ2v) is 3.42. The average molecular weight is 188 g/mol. The number of esters is 1. The fourth-order valence-corrected chi connectivity index (χ4v) is 0.577. The van der Waals surface area contributed by atoms with E-state index in [2.05, 4.69) is 0 Å². The van der Waals surface area contributed by atoms with Crippen LogP contribution in [-0.2, 0) is 14.3 Å². The van der Waals surface area contributed by atoms with Crippen molar-refractivity contribution in [2.24, 2.45) is 5.41 Å². The summed E-state index contributed by atoms with van der Waals surface area (Å²) in [7, 11) is 0. The first-order valence-corrected chi connectivity index (χ1v) is 4.33. The Morgan fingerprint density at radius 1 is 1.38 bits per heavy atom. The third-order valence-electron chi connectivity index (χ3n) is 1.78. The minimum Gasteiger partial charge on any atom is -0.480 e. The summed E-state index contributed by atoms with van der Waals surface area (Å²) in [5.74, 6) is -1.83. The highest BCUT2D eigenvalue weighted by atomic mass is 16.5. The van der Waals surface area contributed by atoms with Crippen LogP contribution >= 0.6 is 0 Å². The van der Waals surface area contributed by atoms with Crippen LogP contribution in [0.4, 0.5) is 0 Å². The average Bonchev–Trinajstić information content (AvgIpc) is 2.04. The molecule has 0 aliphatic heterocycles. The van der Waals surface area contributed by atoms with Crippen molar-refractivity contribution in [3.8, 4) is 0 Å². The third kappa shape index (κ3) is 3.44. The molecule has 4 heteroatoms. The summed E-state index contributed by atoms with van der Waals surface area (Å²) in [5, 5.41) is 8.67. The van der Waals surface area contributed by atoms with Crippen LogP contribution in [-0.4, -0.2) is 23.7 Å². The lowest BCUT2D eigenvalue weighted by molar-refractivity contribution is -0.166. The minimum absolute atomic E-state index is 0.298. The van der Waals surface area contributed by atoms with Crippen LogP contribution in [0.5, 0.6) is 0 Å². The Morgan fingerprint density at radius 2 is 1.92 bits per heavy atom. The topological polar surface area (TPSA) is 63.6 Å². The molecule has 0 aliphatic carbocycles. The van der Waals surface area contributed by atoms with Gasteiger partial charge in [-0.1, -0.05) is 13.3 Å². The Bertz CT molecular complexity index is 196. The maximum absolute atomic E-state index is 11.2. The fourth-order valence-electron chi connectivity index (χ4n) is 0.577. The number of carbonyl (C=O) groups excluding carboxylic acids is 1. The second-order valence-electron chi connectivity index (χ2n) is 3.42. The van der Waals surface area contributed by atoms with Crippen molar-refractivity contribution < 1.29 is 19.4 Å². The zero-order valence-electron chi connectivity index (χ0n) is 8.29. The van der Waals surface area contributed by atoms with Crippen molar-refractivity contribution in [1.82, 2.24) is 0 Å². The summed E-state index contributed by atoms with van der Waals surface area (Å²) < 4.78 is 4.79. The first-order chi connectivity index (χ1) is 5.92. The van der Waals surface area contributed by atoms with E-state index in [0.717, 1.165) is 12.8 Å². The van der Waals surface area contributed by atoms with Gasteiger partial charge in [-0.05, 0) is 20.3 Å². The van der Waals surface area contributed by atoms with Gasteiger partial charge >= 0.3 is 11.9 Å². The number of hydrogen-bond donors (Lipinski definition) is 1. The number of hydrogen-bond acceptors (Lipinski definition) is 3. The Kier molecular flexibility index (Phi) is 4.45. The summed E-state index contributed by atoms with van der Waals surface area (Å²) in [4.78, 5) is 21.8. The molecule has 0 aliphatic rings. The third-order valence-corrected chi connectivity index (χ3v) is 1.78. The van der Waals surface area contributed by atoms with Gasteiger partial charge in [0, 0.05) is 0 Å². The van der Waals surface area contributed by atoms with Crippen molar-refractivity contribution >= 4 is 11.9 Å². The van der Waals surface area contributed by atoms with E-state index in [-0.39, 0.29) is 0 Å². The SMILES string of the molecule is CCCCOC(=O)C(C)(C)C(=O)O. The van der Waals surface area contributed by atoms with Crippen molar-refractivity contribution in [3.05, 3.63) is 0 Å². The minimum atomic E-state index is -1.44. The molecule has 0 radical (unpaired) electrons. The fraction of sp³-hybridized carbons (Fsp3) is 0.778. The van der Waals surface area contributed by atoms with Crippen LogP contribution in [0.15, 0.2) is 0 Å². The van der Waals surface area contributed by atoms with E-state index in [4.69, 9.17) is 9.84 Å². The van der Waals surface area contributed by atoms with E-state index >= 15 is 0 Å². The van der Waals surface area contributed by atoms with Crippen LogP contribution in [0.3, 0.4) is 0 Å². The molecule has 0 amide bonds. The number of carboxylic acid groups (broad SMARTS) is 1. The van der Waals surface area contributed by atoms with Gasteiger partial charge in [-0.3, -0.25) is 9.59 Å². The first-order valence-electron chi connectivity index (χ1n) is 4.33. The van der Waals surface area contributed by atoms with Gasteiger partial charge in [0.1, 0.15) is 0 Å². The summed E-state index contributed by atoms with van der Waals surface area (Å²) in [6.45, 7) is 4.94. The normalized spacial score (nSPS) is 11.0. The molecule has 0 heterocycles. The van der Waals surface area contributed by atoms with Gasteiger partial charge < -0.3 is 9.84 Å². The highest BCUT2D eigenvalue weighted by Gasteiger charge is 2.37. The molecular weight excluding hydrogens is 172 g/mol. The van der Waals surface area contributed by atoms with E-state index in [0.29, 0.717) is 6.61 Å². The predicted molar refractivity (Wildman–Crippen MR) is 47.3 cm³/mol. The Hall–Kier alpha value is -1.06. The van der Waals surface area contributed by atoms with E-state index in [9.17, 15) is 9.59 Å². The number of carbonyl (C=O) groups is 2. The summed E-state index contributed by atoms with van der Waals surface area (Å²) >= 11 is 0. The van der Waals surface area contributed by atoms with Gasteiger partial charge in [0.25, 0.3) is 0 Å². The standard InChI is InChI=1S/C9H16O4/c1-4-5-6-13-8(12)9(2,3)7(10)11/h4-6H2,1-3H3,(H,10,11). The molecule has 0 aromatic heterocycles. The smallest absolute Gasteiger partial charge is 0.322 e. The number of ether oxygens (including phenoxy) is 1. The lowest BCUT2D eigenvalue weighted by Crippen LogP contribution is -2.35. The maximum atomic E-state index is 11.2. The zero-order chi connectivity index (χ0) is 10.5. The molecule has 4 nitrogen and oxygen atoms in total. The van der Waals surface area contributed by atoms with Crippen LogP contribution in [0.2, 0.25) is 0 Å². The highest BCUT2D eigenvalue weighted by Crippen LogP contribution is 2.17. The van der Waals surface area contributed by atoms with Crippen molar-refractivity contribution in [3.63, 3.8) is 0 Å². The van der Waals surface area contributed by atoms with Gasteiger partial charge in [0.05, 0.1) is 6.61 Å². The van der Waals surface area contributed by atoms with Gasteiger partial charge in [0.15, 0.2) is 5.41 Å². The van der Waals surface area contributed by atoms with Crippen LogP contribution < -0.4 is 0 Å². The number of rotatable bonds is 5. The molecule has 0 rings (SSSR count). The van der Waals surface area contributed by atoms with Crippen molar-refractivity contribution in [2.45, 2.75) is 33.6 Å². The molecule has 0 saturated heterocycles. The zero-order valence-corrected chi connectivity index (χ0v) is 8.29. The molecule has 0 atom stereocenters. The van der Waals surface area contributed by atoms with Crippen molar-refractivity contribution in [1.29, 1.82) is 0 Å². The quantitative estimate of drug-likeness (QED) is 0.403. The summed E-state index contributed by atoms with van der Waals surface area (Å²) in [6, 6.07) is 0. The van der Waals surface area contributed by atoms with E-state index in [1.807, 2.05) is 6.92 Å². The number of aliphatic carboxylic acids is 1. The van der Waals surface area contributed by atoms with Crippen LogP contribution in [0.1, 0.15) is 33.6 Å². The molecule has 0 aromatic carbocycles. The van der Waals surface area contributed by atoms with E-state index in [1.54, 1.807) is 0 Å². The Balaban J connectivity index is 4.03. The van der Waals surface area contributed by atoms with Gasteiger partial charge in [-0.25, -0.2) is 0 Å². The molecule has 0 bridgehead atoms. The van der Waals surface area contributed by atoms with Gasteiger partial charge in [-0.15, -0.1) is 0 Å². The molecule has 0 saturated carbocycles. The lowest BCUT2D eigenvalue weighted by Gasteiger charge is -2.16. The largest absolute Gasteiger partial charge is 0.480 e. The molecule has 1 N–H and O–H groups in total. The van der Waals surface area contributed by atoms with Gasteiger partial charge in [0.2, 0.25) is 0 Å². The summed E-state index contributed by atoms with van der Waals surface area (Å²) in [5.41, 5.74) is -1.44. The molecule has 0 unspecified atom stereocenters. The molecular formula is C9H16O4. The monoisotopic (exact) mass is 188 g/mol. The first kappa shape index (κ1) is 11.9. The predicted octanol–water partition coefficient (Wildman–Crippen LogP) is 1.44. The van der Waals surface area contributed by atoms with E-state index in [1.165, 1.54) is 13.8 Å². The molecule has 0 spiro atoms. The van der Waals surface area contributed by atoms with Crippen LogP contribution in [0, 0.1) is 5.41 Å². The number of unbranched alkanes of at least 4 members (excludes halogenated alkanes) is 1. The lowest BCUT2D eigenvalue weighted by atomic mass is 9.94. The molecule has 0 fully saturated rings. The van der Waals surface area contributed by atoms with Crippen molar-refractivity contribution in [2.75, 3.05) is 6.61 Å². The Morgan fingerprint density at radius 3 is 2.31 bits per heavy atom. The highest BCUT2D eigenvalue weighted by molar-refractivity contribution is 5.98. The maximum Gasteiger partial charge on any atom is 0.322 e. The Labute approximate surface area is 77.9 Å². The molecule has 76 valence electrons. The number of carboxylic acids is 1. The molecule has 0 aromatic rings.